The van der Waals surface area contributed by atoms with Crippen LogP contribution in [0.2, 0.25) is 0 Å². The number of fused-ring (bicyclic) bond motifs is 1. The quantitative estimate of drug-likeness (QED) is 0.872. The predicted molar refractivity (Wildman–Crippen MR) is 110 cm³/mol. The summed E-state index contributed by atoms with van der Waals surface area (Å²) >= 11 is 0. The molecule has 3 rings (SSSR count). The van der Waals surface area contributed by atoms with Gasteiger partial charge >= 0.3 is 0 Å². The van der Waals surface area contributed by atoms with Crippen molar-refractivity contribution in [2.75, 3.05) is 7.11 Å². The maximum atomic E-state index is 13.3. The van der Waals surface area contributed by atoms with E-state index in [0.29, 0.717) is 11.3 Å². The van der Waals surface area contributed by atoms with Crippen LogP contribution in [0.1, 0.15) is 55.2 Å². The molecule has 1 heterocycles. The summed E-state index contributed by atoms with van der Waals surface area (Å²) < 4.78 is 5.17. The van der Waals surface area contributed by atoms with Crippen LogP contribution >= 0.6 is 0 Å². The number of carbonyl (C=O) groups excluding carboxylic acids is 2. The van der Waals surface area contributed by atoms with E-state index in [4.69, 9.17) is 4.74 Å². The van der Waals surface area contributed by atoms with Gasteiger partial charge in [-0.2, -0.15) is 0 Å². The molecule has 0 saturated heterocycles. The third-order valence-electron chi connectivity index (χ3n) is 4.61. The van der Waals surface area contributed by atoms with E-state index in [1.54, 1.807) is 37.6 Å². The second-order valence-corrected chi connectivity index (χ2v) is 7.98. The number of methoxy groups -OCH3 is 1. The molecule has 0 aliphatic carbocycles. The summed E-state index contributed by atoms with van der Waals surface area (Å²) in [4.78, 5) is 28.0. The molecule has 0 fully saturated rings. The molecular weight excluding hydrogens is 352 g/mol. The Hall–Kier alpha value is -3.08. The second-order valence-electron chi connectivity index (χ2n) is 7.98. The first-order valence-electron chi connectivity index (χ1n) is 9.28. The first-order chi connectivity index (χ1) is 13.2. The maximum Gasteiger partial charge on any atom is 0.258 e. The molecule has 2 amide bonds. The van der Waals surface area contributed by atoms with Gasteiger partial charge in [-0.25, -0.2) is 0 Å². The Morgan fingerprint density at radius 1 is 1.04 bits per heavy atom. The number of nitrogens with one attached hydrogen (secondary N) is 1. The van der Waals surface area contributed by atoms with Crippen molar-refractivity contribution >= 4 is 17.4 Å². The molecule has 5 heteroatoms. The van der Waals surface area contributed by atoms with Crippen molar-refractivity contribution in [2.24, 2.45) is 0 Å². The highest BCUT2D eigenvalue weighted by molar-refractivity contribution is 6.00. The molecule has 1 N–H and O–H groups in total. The van der Waals surface area contributed by atoms with Gasteiger partial charge in [-0.05, 0) is 68.7 Å². The first-order valence-corrected chi connectivity index (χ1v) is 9.28. The molecule has 28 heavy (non-hydrogen) atoms. The predicted octanol–water partition coefficient (Wildman–Crippen LogP) is 4.17. The molecule has 0 spiro atoms. The Balaban J connectivity index is 2.05. The monoisotopic (exact) mass is 378 g/mol. The lowest BCUT2D eigenvalue weighted by Gasteiger charge is -2.36. The van der Waals surface area contributed by atoms with E-state index in [1.807, 2.05) is 52.0 Å². The molecular formula is C23H26N2O3. The van der Waals surface area contributed by atoms with E-state index in [-0.39, 0.29) is 11.8 Å². The Morgan fingerprint density at radius 3 is 2.29 bits per heavy atom. The number of amides is 2. The van der Waals surface area contributed by atoms with Crippen molar-refractivity contribution in [3.05, 3.63) is 71.4 Å². The highest BCUT2D eigenvalue weighted by Crippen LogP contribution is 2.36. The molecule has 1 atom stereocenters. The number of hydrogen-bond donors (Lipinski definition) is 1. The van der Waals surface area contributed by atoms with Gasteiger partial charge in [-0.15, -0.1) is 0 Å². The van der Waals surface area contributed by atoms with Crippen molar-refractivity contribution in [3.8, 4) is 5.75 Å². The Morgan fingerprint density at radius 2 is 1.68 bits per heavy atom. The van der Waals surface area contributed by atoms with Gasteiger partial charge in [0.1, 0.15) is 11.8 Å². The molecule has 5 nitrogen and oxygen atoms in total. The van der Waals surface area contributed by atoms with Crippen LogP contribution in [0.15, 0.2) is 54.7 Å². The number of nitrogens with zero attached hydrogens (tertiary/aromatic N) is 1. The van der Waals surface area contributed by atoms with Gasteiger partial charge in [-0.1, -0.05) is 24.3 Å². The molecule has 0 saturated carbocycles. The largest absolute Gasteiger partial charge is 0.497 e. The average molecular weight is 378 g/mol. The van der Waals surface area contributed by atoms with Crippen LogP contribution in [-0.4, -0.2) is 29.4 Å². The van der Waals surface area contributed by atoms with Gasteiger partial charge in [-0.3, -0.25) is 14.5 Å². The van der Waals surface area contributed by atoms with Gasteiger partial charge in [0.25, 0.3) is 5.91 Å². The lowest BCUT2D eigenvalue weighted by Crippen LogP contribution is -2.48. The fourth-order valence-electron chi connectivity index (χ4n) is 3.36. The minimum atomic E-state index is -0.728. The van der Waals surface area contributed by atoms with E-state index in [0.717, 1.165) is 16.7 Å². The van der Waals surface area contributed by atoms with Crippen molar-refractivity contribution in [2.45, 2.75) is 39.3 Å². The Kier molecular flexibility index (Phi) is 5.27. The first kappa shape index (κ1) is 19.7. The number of benzene rings is 2. The summed E-state index contributed by atoms with van der Waals surface area (Å²) in [5.41, 5.74) is 2.84. The summed E-state index contributed by atoms with van der Waals surface area (Å²) in [5.74, 6) is 0.241. The van der Waals surface area contributed by atoms with Crippen LogP contribution in [0.25, 0.3) is 5.57 Å². The lowest BCUT2D eigenvalue weighted by atomic mass is 9.90. The maximum absolute atomic E-state index is 13.3. The fraction of sp³-hybridized carbons (Fsp3) is 0.304. The van der Waals surface area contributed by atoms with E-state index >= 15 is 0 Å². The molecule has 146 valence electrons. The smallest absolute Gasteiger partial charge is 0.258 e. The summed E-state index contributed by atoms with van der Waals surface area (Å²) in [6, 6.07) is 13.9. The second kappa shape index (κ2) is 7.50. The molecule has 0 radical (unpaired) electrons. The summed E-state index contributed by atoms with van der Waals surface area (Å²) in [5, 5.41) is 3.02. The summed E-state index contributed by atoms with van der Waals surface area (Å²) in [6.07, 6.45) is 1.77. The molecule has 2 aromatic carbocycles. The highest BCUT2D eigenvalue weighted by atomic mass is 16.5. The van der Waals surface area contributed by atoms with Crippen LogP contribution < -0.4 is 10.1 Å². The van der Waals surface area contributed by atoms with Crippen molar-refractivity contribution in [3.63, 3.8) is 0 Å². The molecule has 1 aliphatic heterocycles. The van der Waals surface area contributed by atoms with E-state index < -0.39 is 11.6 Å². The van der Waals surface area contributed by atoms with Crippen LogP contribution in [0, 0.1) is 0 Å². The Labute approximate surface area is 166 Å². The summed E-state index contributed by atoms with van der Waals surface area (Å²) in [6.45, 7) is 7.73. The van der Waals surface area contributed by atoms with E-state index in [1.165, 1.54) is 4.90 Å². The highest BCUT2D eigenvalue weighted by Gasteiger charge is 2.36. The molecule has 0 aromatic heterocycles. The number of carbonyl (C=O) groups is 2. The normalized spacial score (nSPS) is 16.1. The van der Waals surface area contributed by atoms with Crippen molar-refractivity contribution < 1.29 is 14.3 Å². The van der Waals surface area contributed by atoms with Gasteiger partial charge in [0.05, 0.1) is 7.11 Å². The van der Waals surface area contributed by atoms with Crippen LogP contribution in [0.3, 0.4) is 0 Å². The zero-order valence-corrected chi connectivity index (χ0v) is 16.9. The third kappa shape index (κ3) is 3.93. The van der Waals surface area contributed by atoms with Gasteiger partial charge < -0.3 is 10.1 Å². The SMILES string of the molecule is COc1ccc(C(=O)N2C=C(C)c3ccccc3C2C(=O)NC(C)(C)C)cc1. The Bertz CT molecular complexity index is 924. The number of hydrogen-bond acceptors (Lipinski definition) is 3. The number of ether oxygens (including phenoxy) is 1. The van der Waals surface area contributed by atoms with Gasteiger partial charge in [0.2, 0.25) is 5.91 Å². The number of allylic oxidation sites excluding steroid dienone is 1. The minimum absolute atomic E-state index is 0.203. The lowest BCUT2D eigenvalue weighted by molar-refractivity contribution is -0.126. The fourth-order valence-corrected chi connectivity index (χ4v) is 3.36. The molecule has 1 aliphatic rings. The van der Waals surface area contributed by atoms with E-state index in [2.05, 4.69) is 5.32 Å². The third-order valence-corrected chi connectivity index (χ3v) is 4.61. The van der Waals surface area contributed by atoms with Crippen molar-refractivity contribution in [1.82, 2.24) is 10.2 Å². The average Bonchev–Trinajstić information content (AvgIpc) is 2.66. The zero-order valence-electron chi connectivity index (χ0n) is 16.9. The zero-order chi connectivity index (χ0) is 20.5. The van der Waals surface area contributed by atoms with Gasteiger partial charge in [0.15, 0.2) is 0 Å². The van der Waals surface area contributed by atoms with Crippen LogP contribution in [-0.2, 0) is 4.79 Å². The summed E-state index contributed by atoms with van der Waals surface area (Å²) in [7, 11) is 1.58. The standard InChI is InChI=1S/C23H26N2O3/c1-15-14-25(22(27)16-10-12-17(28-5)13-11-16)20(21(26)24-23(2,3)4)19-9-7-6-8-18(15)19/h6-14,20H,1-5H3,(H,24,26). The minimum Gasteiger partial charge on any atom is -0.497 e. The molecule has 0 bridgehead atoms. The van der Waals surface area contributed by atoms with E-state index in [9.17, 15) is 9.59 Å². The topological polar surface area (TPSA) is 58.6 Å². The number of rotatable bonds is 3. The van der Waals surface area contributed by atoms with Gasteiger partial charge in [0, 0.05) is 17.3 Å². The molecule has 1 unspecified atom stereocenters. The van der Waals surface area contributed by atoms with Crippen LogP contribution in [0.5, 0.6) is 5.75 Å². The van der Waals surface area contributed by atoms with Crippen molar-refractivity contribution in [1.29, 1.82) is 0 Å². The van der Waals surface area contributed by atoms with Crippen LogP contribution in [0.4, 0.5) is 0 Å². The molecule has 2 aromatic rings.